The van der Waals surface area contributed by atoms with Crippen molar-refractivity contribution in [3.05, 3.63) is 28.6 Å². The van der Waals surface area contributed by atoms with Gasteiger partial charge in [-0.1, -0.05) is 0 Å². The second kappa shape index (κ2) is 3.61. The molecule has 0 spiro atoms. The first-order chi connectivity index (χ1) is 6.70. The average molecular weight is 255 g/mol. The number of hydrogen-bond donors (Lipinski definition) is 0. The van der Waals surface area contributed by atoms with E-state index in [4.69, 9.17) is 4.74 Å². The molecule has 0 aliphatic carbocycles. The van der Waals surface area contributed by atoms with Crippen molar-refractivity contribution < 1.29 is 4.74 Å². The number of imidazole rings is 1. The molecule has 0 amide bonds. The maximum atomic E-state index is 5.50. The van der Waals surface area contributed by atoms with Gasteiger partial charge in [0.25, 0.3) is 0 Å². The number of ether oxygens (including phenoxy) is 1. The zero-order chi connectivity index (χ0) is 10.1. The summed E-state index contributed by atoms with van der Waals surface area (Å²) in [5, 5.41) is 0. The van der Waals surface area contributed by atoms with Crippen LogP contribution in [0.4, 0.5) is 0 Å². The topological polar surface area (TPSA) is 26.5 Å². The summed E-state index contributed by atoms with van der Waals surface area (Å²) in [6.07, 6.45) is 3.94. The second-order valence-electron chi connectivity index (χ2n) is 3.07. The van der Waals surface area contributed by atoms with Crippen LogP contribution in [-0.2, 0) is 0 Å². The third kappa shape index (κ3) is 1.62. The molecule has 0 atom stereocenters. The Kier molecular flexibility index (Phi) is 2.46. The summed E-state index contributed by atoms with van der Waals surface area (Å²) >= 11 is 3.43. The number of nitrogens with zero attached hydrogens (tertiary/aromatic N) is 2. The molecule has 3 nitrogen and oxygen atoms in total. The van der Waals surface area contributed by atoms with Crippen molar-refractivity contribution in [2.45, 2.75) is 13.8 Å². The Morgan fingerprint density at radius 2 is 2.29 bits per heavy atom. The van der Waals surface area contributed by atoms with E-state index in [1.165, 1.54) is 0 Å². The van der Waals surface area contributed by atoms with Crippen LogP contribution in [0.2, 0.25) is 0 Å². The van der Waals surface area contributed by atoms with Gasteiger partial charge in [-0.3, -0.25) is 0 Å². The maximum absolute atomic E-state index is 5.50. The Bertz CT molecular complexity index is 464. The molecular formula is C10H11BrN2O. The van der Waals surface area contributed by atoms with Gasteiger partial charge < -0.3 is 9.14 Å². The van der Waals surface area contributed by atoms with Gasteiger partial charge in [0.05, 0.1) is 12.3 Å². The lowest BCUT2D eigenvalue weighted by molar-refractivity contribution is 0.342. The Morgan fingerprint density at radius 1 is 1.50 bits per heavy atom. The molecule has 0 saturated carbocycles. The average Bonchev–Trinajstić information content (AvgIpc) is 2.45. The van der Waals surface area contributed by atoms with E-state index >= 15 is 0 Å². The first-order valence-corrected chi connectivity index (χ1v) is 5.27. The lowest BCUT2D eigenvalue weighted by Crippen LogP contribution is -1.95. The van der Waals surface area contributed by atoms with E-state index in [2.05, 4.69) is 20.9 Å². The fourth-order valence-corrected chi connectivity index (χ4v) is 1.85. The van der Waals surface area contributed by atoms with Crippen molar-refractivity contribution in [1.29, 1.82) is 0 Å². The van der Waals surface area contributed by atoms with Gasteiger partial charge in [0.1, 0.15) is 0 Å². The highest BCUT2D eigenvalue weighted by Crippen LogP contribution is 2.24. The van der Waals surface area contributed by atoms with Gasteiger partial charge in [0.15, 0.2) is 11.4 Å². The minimum atomic E-state index is 0.651. The van der Waals surface area contributed by atoms with Crippen LogP contribution in [-0.4, -0.2) is 16.0 Å². The zero-order valence-electron chi connectivity index (χ0n) is 8.12. The molecule has 0 aromatic carbocycles. The number of pyridine rings is 1. The molecule has 4 heteroatoms. The van der Waals surface area contributed by atoms with Gasteiger partial charge in [0, 0.05) is 16.9 Å². The van der Waals surface area contributed by atoms with Crippen molar-refractivity contribution in [2.75, 3.05) is 6.61 Å². The molecule has 14 heavy (non-hydrogen) atoms. The molecule has 0 N–H and O–H groups in total. The standard InChI is InChI=1S/C10H11BrN2O/c1-3-14-9-4-8(11)6-13-5-7(2)12-10(9)13/h4-6H,3H2,1-2H3. The van der Waals surface area contributed by atoms with Crippen LogP contribution in [0.1, 0.15) is 12.6 Å². The number of halogens is 1. The third-order valence-electron chi connectivity index (χ3n) is 1.90. The predicted molar refractivity (Wildman–Crippen MR) is 58.8 cm³/mol. The summed E-state index contributed by atoms with van der Waals surface area (Å²) in [7, 11) is 0. The molecule has 0 fully saturated rings. The van der Waals surface area contributed by atoms with E-state index in [1.807, 2.05) is 36.7 Å². The molecule has 0 bridgehead atoms. The molecule has 0 saturated heterocycles. The van der Waals surface area contributed by atoms with Gasteiger partial charge in [-0.25, -0.2) is 4.98 Å². The van der Waals surface area contributed by atoms with Crippen molar-refractivity contribution in [1.82, 2.24) is 9.38 Å². The third-order valence-corrected chi connectivity index (χ3v) is 2.34. The monoisotopic (exact) mass is 254 g/mol. The fourth-order valence-electron chi connectivity index (χ4n) is 1.42. The van der Waals surface area contributed by atoms with Gasteiger partial charge in [-0.15, -0.1) is 0 Å². The first kappa shape index (κ1) is 9.52. The SMILES string of the molecule is CCOc1cc(Br)cn2cc(C)nc12. The smallest absolute Gasteiger partial charge is 0.179 e. The maximum Gasteiger partial charge on any atom is 0.179 e. The zero-order valence-corrected chi connectivity index (χ0v) is 9.71. The Balaban J connectivity index is 2.66. The molecule has 0 radical (unpaired) electrons. The number of aryl methyl sites for hydroxylation is 1. The highest BCUT2D eigenvalue weighted by atomic mass is 79.9. The van der Waals surface area contributed by atoms with Crippen molar-refractivity contribution in [3.8, 4) is 5.75 Å². The molecule has 0 aliphatic rings. The van der Waals surface area contributed by atoms with E-state index in [-0.39, 0.29) is 0 Å². The lowest BCUT2D eigenvalue weighted by atomic mass is 10.4. The van der Waals surface area contributed by atoms with E-state index in [1.54, 1.807) is 0 Å². The van der Waals surface area contributed by atoms with Crippen LogP contribution in [0.15, 0.2) is 22.9 Å². The lowest BCUT2D eigenvalue weighted by Gasteiger charge is -2.04. The molecule has 0 unspecified atom stereocenters. The summed E-state index contributed by atoms with van der Waals surface area (Å²) in [6, 6.07) is 1.94. The van der Waals surface area contributed by atoms with Crippen LogP contribution in [0.25, 0.3) is 5.65 Å². The quantitative estimate of drug-likeness (QED) is 0.824. The van der Waals surface area contributed by atoms with Crippen molar-refractivity contribution >= 4 is 21.6 Å². The Labute approximate surface area is 90.8 Å². The van der Waals surface area contributed by atoms with E-state index < -0.39 is 0 Å². The minimum absolute atomic E-state index is 0.651. The van der Waals surface area contributed by atoms with Crippen LogP contribution in [0, 0.1) is 6.92 Å². The molecule has 2 rings (SSSR count). The summed E-state index contributed by atoms with van der Waals surface area (Å²) in [6.45, 7) is 4.59. The summed E-state index contributed by atoms with van der Waals surface area (Å²) in [4.78, 5) is 4.39. The minimum Gasteiger partial charge on any atom is -0.490 e. The number of fused-ring (bicyclic) bond motifs is 1. The van der Waals surface area contributed by atoms with Crippen LogP contribution >= 0.6 is 15.9 Å². The van der Waals surface area contributed by atoms with Crippen molar-refractivity contribution in [2.24, 2.45) is 0 Å². The molecular weight excluding hydrogens is 244 g/mol. The van der Waals surface area contributed by atoms with Crippen molar-refractivity contribution in [3.63, 3.8) is 0 Å². The molecule has 74 valence electrons. The molecule has 0 aliphatic heterocycles. The highest BCUT2D eigenvalue weighted by Gasteiger charge is 2.06. The summed E-state index contributed by atoms with van der Waals surface area (Å²) in [5.41, 5.74) is 1.86. The number of hydrogen-bond acceptors (Lipinski definition) is 2. The van der Waals surface area contributed by atoms with Gasteiger partial charge in [-0.05, 0) is 35.8 Å². The van der Waals surface area contributed by atoms with E-state index in [0.717, 1.165) is 21.6 Å². The highest BCUT2D eigenvalue weighted by molar-refractivity contribution is 9.10. The largest absolute Gasteiger partial charge is 0.490 e. The number of aromatic nitrogens is 2. The normalized spacial score (nSPS) is 10.8. The molecule has 2 aromatic rings. The number of rotatable bonds is 2. The molecule has 2 heterocycles. The summed E-state index contributed by atoms with van der Waals surface area (Å²) in [5.74, 6) is 0.815. The Hall–Kier alpha value is -1.03. The van der Waals surface area contributed by atoms with Gasteiger partial charge in [-0.2, -0.15) is 0 Å². The Morgan fingerprint density at radius 3 is 3.00 bits per heavy atom. The van der Waals surface area contributed by atoms with Crippen LogP contribution < -0.4 is 4.74 Å². The van der Waals surface area contributed by atoms with E-state index in [9.17, 15) is 0 Å². The molecule has 2 aromatic heterocycles. The second-order valence-corrected chi connectivity index (χ2v) is 3.98. The summed E-state index contributed by atoms with van der Waals surface area (Å²) < 4.78 is 8.45. The fraction of sp³-hybridized carbons (Fsp3) is 0.300. The van der Waals surface area contributed by atoms with Gasteiger partial charge in [0.2, 0.25) is 0 Å². The first-order valence-electron chi connectivity index (χ1n) is 4.48. The predicted octanol–water partition coefficient (Wildman–Crippen LogP) is 2.80. The van der Waals surface area contributed by atoms with E-state index in [0.29, 0.717) is 6.61 Å². The van der Waals surface area contributed by atoms with Crippen LogP contribution in [0.5, 0.6) is 5.75 Å². The van der Waals surface area contributed by atoms with Gasteiger partial charge >= 0.3 is 0 Å². The van der Waals surface area contributed by atoms with Crippen LogP contribution in [0.3, 0.4) is 0 Å².